The van der Waals surface area contributed by atoms with Crippen LogP contribution in [0, 0.1) is 12.3 Å². The molecule has 2 aromatic carbocycles. The van der Waals surface area contributed by atoms with Gasteiger partial charge in [0, 0.05) is 6.07 Å². The molecule has 1 aliphatic heterocycles. The Morgan fingerprint density at radius 3 is 2.59 bits per heavy atom. The number of nitrogens with zero attached hydrogens (tertiary/aromatic N) is 1. The molecule has 0 amide bonds. The van der Waals surface area contributed by atoms with E-state index in [9.17, 15) is 0 Å². The standard InChI is InChI=1S/C29H32NOS/c1-5-29(6-2)14-11-19(12-15-29)28-27-25-23(32-28)13-16-30(4)26(25)24-18(3)21-10-8-7-9-20(21)17-22(24)31-27/h7-10,13,16-17,19H,5-6,11-12,14-15H2,1-4H3/q+1. The summed E-state index contributed by atoms with van der Waals surface area (Å²) in [5.41, 5.74) is 4.45. The highest BCUT2D eigenvalue weighted by molar-refractivity contribution is 7.19. The first-order valence-corrected chi connectivity index (χ1v) is 13.0. The molecule has 1 saturated carbocycles. The molecule has 0 saturated heterocycles. The van der Waals surface area contributed by atoms with Crippen molar-refractivity contribution in [1.29, 1.82) is 0 Å². The highest BCUT2D eigenvalue weighted by atomic mass is 32.1. The van der Waals surface area contributed by atoms with Crippen LogP contribution in [0.2, 0.25) is 0 Å². The van der Waals surface area contributed by atoms with E-state index in [4.69, 9.17) is 4.74 Å². The van der Waals surface area contributed by atoms with Crippen LogP contribution < -0.4 is 9.30 Å². The number of ether oxygens (including phenoxy) is 1. The van der Waals surface area contributed by atoms with E-state index in [1.165, 1.54) is 81.1 Å². The molecule has 0 N–H and O–H groups in total. The van der Waals surface area contributed by atoms with Crippen LogP contribution in [0.15, 0.2) is 42.6 Å². The second-order valence-corrected chi connectivity index (χ2v) is 11.1. The zero-order valence-electron chi connectivity index (χ0n) is 19.6. The summed E-state index contributed by atoms with van der Waals surface area (Å²) in [6.07, 6.45) is 10.1. The van der Waals surface area contributed by atoms with Crippen LogP contribution in [-0.2, 0) is 7.05 Å². The molecule has 2 nitrogen and oxygen atoms in total. The lowest BCUT2D eigenvalue weighted by Crippen LogP contribution is -2.31. The lowest BCUT2D eigenvalue weighted by atomic mass is 9.67. The van der Waals surface area contributed by atoms with Gasteiger partial charge in [-0.25, -0.2) is 4.57 Å². The Morgan fingerprint density at radius 2 is 1.84 bits per heavy atom. The molecule has 1 fully saturated rings. The number of hydrogen-bond donors (Lipinski definition) is 0. The minimum atomic E-state index is 0.561. The van der Waals surface area contributed by atoms with Crippen molar-refractivity contribution in [2.24, 2.45) is 12.5 Å². The maximum atomic E-state index is 6.82. The third-order valence-corrected chi connectivity index (χ3v) is 9.89. The van der Waals surface area contributed by atoms with Gasteiger partial charge in [0.2, 0.25) is 5.69 Å². The first kappa shape index (κ1) is 20.2. The number of hydrogen-bond acceptors (Lipinski definition) is 2. The Morgan fingerprint density at radius 1 is 1.09 bits per heavy atom. The summed E-state index contributed by atoms with van der Waals surface area (Å²) in [4.78, 5) is 1.48. The molecule has 3 heteroatoms. The van der Waals surface area contributed by atoms with E-state index in [-0.39, 0.29) is 0 Å². The first-order valence-electron chi connectivity index (χ1n) is 12.2. The smallest absolute Gasteiger partial charge is 0.228 e. The normalized spacial score (nSPS) is 17.5. The van der Waals surface area contributed by atoms with Crippen LogP contribution in [0.25, 0.3) is 32.1 Å². The molecule has 2 aliphatic rings. The van der Waals surface area contributed by atoms with Crippen molar-refractivity contribution in [3.05, 3.63) is 53.0 Å². The highest BCUT2D eigenvalue weighted by Crippen LogP contribution is 2.57. The molecule has 164 valence electrons. The van der Waals surface area contributed by atoms with Crippen LogP contribution in [0.3, 0.4) is 0 Å². The minimum absolute atomic E-state index is 0.561. The van der Waals surface area contributed by atoms with Gasteiger partial charge >= 0.3 is 0 Å². The van der Waals surface area contributed by atoms with Gasteiger partial charge in [-0.2, -0.15) is 0 Å². The molecule has 3 heterocycles. The van der Waals surface area contributed by atoms with Gasteiger partial charge in [-0.05, 0) is 66.3 Å². The second-order valence-electron chi connectivity index (χ2n) is 9.99. The Kier molecular flexibility index (Phi) is 4.62. The molecule has 1 aliphatic carbocycles. The average molecular weight is 443 g/mol. The summed E-state index contributed by atoms with van der Waals surface area (Å²) in [5, 5.41) is 3.89. The molecule has 0 unspecified atom stereocenters. The number of rotatable bonds is 3. The van der Waals surface area contributed by atoms with E-state index in [1.54, 1.807) is 0 Å². The van der Waals surface area contributed by atoms with Gasteiger partial charge in [-0.15, -0.1) is 11.3 Å². The molecule has 0 radical (unpaired) electrons. The Bertz CT molecular complexity index is 1350. The van der Waals surface area contributed by atoms with Gasteiger partial charge in [0.15, 0.2) is 11.9 Å². The summed E-state index contributed by atoms with van der Waals surface area (Å²) in [7, 11) is 2.18. The maximum Gasteiger partial charge on any atom is 0.228 e. The quantitative estimate of drug-likeness (QED) is 0.256. The van der Waals surface area contributed by atoms with E-state index in [2.05, 4.69) is 75.0 Å². The lowest BCUT2D eigenvalue weighted by Gasteiger charge is -2.39. The Hall–Kier alpha value is -2.39. The summed E-state index contributed by atoms with van der Waals surface area (Å²) < 4.78 is 10.5. The highest BCUT2D eigenvalue weighted by Gasteiger charge is 2.38. The molecular formula is C29H32NOS+. The number of aryl methyl sites for hydroxylation is 2. The van der Waals surface area contributed by atoms with Gasteiger partial charge in [0.05, 0.1) is 15.1 Å². The van der Waals surface area contributed by atoms with Gasteiger partial charge in [-0.1, -0.05) is 51.0 Å². The molecule has 32 heavy (non-hydrogen) atoms. The molecule has 0 atom stereocenters. The van der Waals surface area contributed by atoms with Crippen molar-refractivity contribution >= 4 is 32.2 Å². The summed E-state index contributed by atoms with van der Waals surface area (Å²) in [5.74, 6) is 2.78. The van der Waals surface area contributed by atoms with Crippen LogP contribution in [0.4, 0.5) is 0 Å². The molecule has 0 spiro atoms. The largest absolute Gasteiger partial charge is 0.454 e. The third kappa shape index (κ3) is 2.80. The first-order chi connectivity index (χ1) is 15.5. The van der Waals surface area contributed by atoms with Gasteiger partial charge in [-0.3, -0.25) is 0 Å². The zero-order valence-corrected chi connectivity index (χ0v) is 20.4. The van der Waals surface area contributed by atoms with Crippen molar-refractivity contribution in [3.8, 4) is 22.8 Å². The van der Waals surface area contributed by atoms with E-state index in [0.29, 0.717) is 11.3 Å². The van der Waals surface area contributed by atoms with Gasteiger partial charge < -0.3 is 4.74 Å². The zero-order chi connectivity index (χ0) is 22.0. The molecule has 4 aromatic rings. The minimum Gasteiger partial charge on any atom is -0.454 e. The van der Waals surface area contributed by atoms with Crippen molar-refractivity contribution in [3.63, 3.8) is 0 Å². The van der Waals surface area contributed by atoms with Crippen LogP contribution in [0.5, 0.6) is 11.5 Å². The number of aromatic nitrogens is 1. The Labute approximate surface area is 194 Å². The molecular weight excluding hydrogens is 410 g/mol. The van der Waals surface area contributed by atoms with Crippen molar-refractivity contribution < 1.29 is 9.30 Å². The Balaban J connectivity index is 1.53. The van der Waals surface area contributed by atoms with Crippen molar-refractivity contribution in [2.45, 2.75) is 65.2 Å². The topological polar surface area (TPSA) is 13.1 Å². The second kappa shape index (κ2) is 7.31. The van der Waals surface area contributed by atoms with E-state index < -0.39 is 0 Å². The number of thiophene rings is 1. The van der Waals surface area contributed by atoms with Crippen molar-refractivity contribution in [1.82, 2.24) is 0 Å². The van der Waals surface area contributed by atoms with Crippen LogP contribution in [-0.4, -0.2) is 0 Å². The fourth-order valence-electron chi connectivity index (χ4n) is 6.33. The number of benzene rings is 2. The van der Waals surface area contributed by atoms with E-state index in [1.807, 2.05) is 11.3 Å². The van der Waals surface area contributed by atoms with Crippen molar-refractivity contribution in [2.75, 3.05) is 0 Å². The monoisotopic (exact) mass is 442 g/mol. The fourth-order valence-corrected chi connectivity index (χ4v) is 7.62. The third-order valence-electron chi connectivity index (χ3n) is 8.59. The molecule has 6 rings (SSSR count). The summed E-state index contributed by atoms with van der Waals surface area (Å²) >= 11 is 1.98. The SMILES string of the molecule is CCC1(CC)CCC(c2sc3cc[n+](C)c4c3c2Oc2cc3ccccc3c(C)c2-4)CC1. The number of fused-ring (bicyclic) bond motifs is 3. The average Bonchev–Trinajstić information content (AvgIpc) is 3.20. The van der Waals surface area contributed by atoms with Crippen LogP contribution >= 0.6 is 11.3 Å². The molecule has 2 aromatic heterocycles. The predicted molar refractivity (Wildman–Crippen MR) is 135 cm³/mol. The lowest BCUT2D eigenvalue weighted by molar-refractivity contribution is -0.659. The van der Waals surface area contributed by atoms with E-state index >= 15 is 0 Å². The van der Waals surface area contributed by atoms with E-state index in [0.717, 1.165) is 11.5 Å². The summed E-state index contributed by atoms with van der Waals surface area (Å²) in [6.45, 7) is 7.01. The van der Waals surface area contributed by atoms with Gasteiger partial charge in [0.25, 0.3) is 0 Å². The van der Waals surface area contributed by atoms with Gasteiger partial charge in [0.1, 0.15) is 18.2 Å². The van der Waals surface area contributed by atoms with Crippen LogP contribution in [0.1, 0.15) is 68.7 Å². The predicted octanol–water partition coefficient (Wildman–Crippen LogP) is 8.42. The molecule has 0 bridgehead atoms. The maximum absolute atomic E-state index is 6.82. The summed E-state index contributed by atoms with van der Waals surface area (Å²) in [6, 6.07) is 13.2. The number of pyridine rings is 1. The fraction of sp³-hybridized carbons (Fsp3) is 0.414.